The van der Waals surface area contributed by atoms with Gasteiger partial charge in [-0.2, -0.15) is 5.10 Å². The summed E-state index contributed by atoms with van der Waals surface area (Å²) in [7, 11) is 1.61. The summed E-state index contributed by atoms with van der Waals surface area (Å²) in [5.41, 5.74) is 1.46. The zero-order chi connectivity index (χ0) is 23.9. The highest BCUT2D eigenvalue weighted by atomic mass is 32.1. The van der Waals surface area contributed by atoms with Gasteiger partial charge in [0, 0.05) is 18.7 Å². The van der Waals surface area contributed by atoms with Gasteiger partial charge in [-0.1, -0.05) is 23.5 Å². The zero-order valence-corrected chi connectivity index (χ0v) is 17.7. The van der Waals surface area contributed by atoms with E-state index in [1.165, 1.54) is 28.9 Å². The van der Waals surface area contributed by atoms with Crippen molar-refractivity contribution >= 4 is 39.1 Å². The number of rotatable bonds is 5. The third-order valence-electron chi connectivity index (χ3n) is 4.40. The molecule has 0 aliphatic rings. The fourth-order valence-corrected chi connectivity index (χ4v) is 3.82. The number of amides is 1. The number of carbonyl (C=O) groups excluding carboxylic acids is 1. The van der Waals surface area contributed by atoms with E-state index >= 15 is 0 Å². The van der Waals surface area contributed by atoms with E-state index < -0.39 is 22.9 Å². The number of nitro groups is 1. The molecule has 0 aliphatic heterocycles. The van der Waals surface area contributed by atoms with Crippen molar-refractivity contribution in [3.63, 3.8) is 0 Å². The average molecular weight is 478 g/mol. The summed E-state index contributed by atoms with van der Waals surface area (Å²) >= 11 is 0.691. The Morgan fingerprint density at radius 2 is 2.00 bits per heavy atom. The smallest absolute Gasteiger partial charge is 0.406 e. The molecule has 0 aliphatic carbocycles. The SMILES string of the molecule is Cc1nn(C)c2c(NC(=O)c3ccc([N+](=O)[O-])s3)nc(-c3cccc(OC(F)(F)F)c3)nc12. The lowest BCUT2D eigenvalue weighted by Crippen LogP contribution is -2.17. The summed E-state index contributed by atoms with van der Waals surface area (Å²) in [6.45, 7) is 1.68. The van der Waals surface area contributed by atoms with Crippen molar-refractivity contribution in [2.45, 2.75) is 13.3 Å². The summed E-state index contributed by atoms with van der Waals surface area (Å²) in [6.07, 6.45) is -4.87. The van der Waals surface area contributed by atoms with Gasteiger partial charge >= 0.3 is 11.4 Å². The second-order valence-electron chi connectivity index (χ2n) is 6.73. The van der Waals surface area contributed by atoms with Crippen LogP contribution < -0.4 is 10.1 Å². The number of halogens is 3. The number of aromatic nitrogens is 4. The van der Waals surface area contributed by atoms with Crippen LogP contribution in [0.3, 0.4) is 0 Å². The molecule has 1 aromatic carbocycles. The van der Waals surface area contributed by atoms with Crippen molar-refractivity contribution in [2.24, 2.45) is 7.05 Å². The molecule has 0 saturated heterocycles. The predicted molar refractivity (Wildman–Crippen MR) is 112 cm³/mol. The molecule has 4 aromatic rings. The molecule has 0 radical (unpaired) electrons. The Bertz CT molecular complexity index is 1400. The van der Waals surface area contributed by atoms with Crippen LogP contribution >= 0.6 is 11.3 Å². The van der Waals surface area contributed by atoms with E-state index in [4.69, 9.17) is 0 Å². The quantitative estimate of drug-likeness (QED) is 0.332. The second kappa shape index (κ2) is 8.12. The lowest BCUT2D eigenvalue weighted by molar-refractivity contribution is -0.380. The first-order chi connectivity index (χ1) is 15.5. The van der Waals surface area contributed by atoms with E-state index in [9.17, 15) is 28.1 Å². The first-order valence-electron chi connectivity index (χ1n) is 9.15. The van der Waals surface area contributed by atoms with Crippen molar-refractivity contribution in [1.82, 2.24) is 19.7 Å². The van der Waals surface area contributed by atoms with Gasteiger partial charge in [0.2, 0.25) is 0 Å². The van der Waals surface area contributed by atoms with Crippen LogP contribution in [0.4, 0.5) is 24.0 Å². The summed E-state index contributed by atoms with van der Waals surface area (Å²) in [5, 5.41) is 17.6. The molecule has 14 heteroatoms. The summed E-state index contributed by atoms with van der Waals surface area (Å²) in [6, 6.07) is 7.62. The minimum Gasteiger partial charge on any atom is -0.406 e. The van der Waals surface area contributed by atoms with Gasteiger partial charge in [-0.3, -0.25) is 19.6 Å². The molecule has 170 valence electrons. The van der Waals surface area contributed by atoms with Gasteiger partial charge in [-0.05, 0) is 25.1 Å². The summed E-state index contributed by atoms with van der Waals surface area (Å²) < 4.78 is 43.2. The highest BCUT2D eigenvalue weighted by Crippen LogP contribution is 2.31. The zero-order valence-electron chi connectivity index (χ0n) is 16.9. The fourth-order valence-electron chi connectivity index (χ4n) is 3.10. The van der Waals surface area contributed by atoms with E-state index in [0.717, 1.165) is 12.1 Å². The number of hydrogen-bond donors (Lipinski definition) is 1. The number of ether oxygens (including phenoxy) is 1. The van der Waals surface area contributed by atoms with Gasteiger partial charge < -0.3 is 10.1 Å². The summed E-state index contributed by atoms with van der Waals surface area (Å²) in [4.78, 5) is 31.8. The minimum atomic E-state index is -4.87. The molecule has 0 fully saturated rings. The molecule has 0 spiro atoms. The normalized spacial score (nSPS) is 11.5. The van der Waals surface area contributed by atoms with Crippen LogP contribution in [0.2, 0.25) is 0 Å². The molecule has 0 unspecified atom stereocenters. The Hall–Kier alpha value is -4.07. The van der Waals surface area contributed by atoms with Gasteiger partial charge in [0.1, 0.15) is 16.8 Å². The van der Waals surface area contributed by atoms with Crippen LogP contribution in [0.5, 0.6) is 5.75 Å². The number of carbonyl (C=O) groups is 1. The largest absolute Gasteiger partial charge is 0.573 e. The van der Waals surface area contributed by atoms with Crippen molar-refractivity contribution in [1.29, 1.82) is 0 Å². The number of thiophene rings is 1. The molecular weight excluding hydrogens is 465 g/mol. The van der Waals surface area contributed by atoms with Gasteiger partial charge in [0.25, 0.3) is 5.91 Å². The van der Waals surface area contributed by atoms with Gasteiger partial charge in [0.15, 0.2) is 11.6 Å². The molecule has 10 nitrogen and oxygen atoms in total. The first kappa shape index (κ1) is 22.1. The number of anilines is 1. The molecule has 1 N–H and O–H groups in total. The van der Waals surface area contributed by atoms with Crippen LogP contribution in [0, 0.1) is 17.0 Å². The highest BCUT2D eigenvalue weighted by Gasteiger charge is 2.31. The lowest BCUT2D eigenvalue weighted by Gasteiger charge is -2.11. The van der Waals surface area contributed by atoms with Gasteiger partial charge in [-0.15, -0.1) is 13.2 Å². The highest BCUT2D eigenvalue weighted by molar-refractivity contribution is 7.17. The van der Waals surface area contributed by atoms with E-state index in [1.54, 1.807) is 14.0 Å². The van der Waals surface area contributed by atoms with Crippen LogP contribution in [0.1, 0.15) is 15.4 Å². The maximum atomic E-state index is 12.7. The van der Waals surface area contributed by atoms with Crippen LogP contribution in [0.15, 0.2) is 36.4 Å². The molecule has 0 saturated carbocycles. The molecule has 0 bridgehead atoms. The van der Waals surface area contributed by atoms with Crippen LogP contribution in [-0.2, 0) is 7.05 Å². The third-order valence-corrected chi connectivity index (χ3v) is 5.44. The Balaban J connectivity index is 1.77. The van der Waals surface area contributed by atoms with E-state index in [-0.39, 0.29) is 27.1 Å². The maximum Gasteiger partial charge on any atom is 0.573 e. The molecular formula is C19H13F3N6O4S. The Labute approximate surface area is 186 Å². The number of aryl methyl sites for hydroxylation is 2. The van der Waals surface area contributed by atoms with Gasteiger partial charge in [-0.25, -0.2) is 9.97 Å². The minimum absolute atomic E-state index is 0.0266. The maximum absolute atomic E-state index is 12.7. The first-order valence-corrected chi connectivity index (χ1v) is 9.96. The Morgan fingerprint density at radius 1 is 1.24 bits per heavy atom. The monoisotopic (exact) mass is 478 g/mol. The average Bonchev–Trinajstić information content (AvgIpc) is 3.32. The number of nitrogens with one attached hydrogen (secondary N) is 1. The predicted octanol–water partition coefficient (Wildman–Crippen LogP) is 4.46. The molecule has 0 atom stereocenters. The standard InChI is InChI=1S/C19H13F3N6O4S/c1-9-14-15(27(2)26-9)17(25-18(29)12-6-7-13(33-12)28(30)31)24-16(23-14)10-4-3-5-11(8-10)32-19(20,21)22/h3-8H,1-2H3,(H,23,24,25,29). The third kappa shape index (κ3) is 4.59. The number of benzene rings is 1. The van der Waals surface area contributed by atoms with Crippen LogP contribution in [0.25, 0.3) is 22.4 Å². The lowest BCUT2D eigenvalue weighted by atomic mass is 10.2. The molecule has 1 amide bonds. The molecule has 3 heterocycles. The van der Waals surface area contributed by atoms with Crippen molar-refractivity contribution in [3.8, 4) is 17.1 Å². The number of nitrogens with zero attached hydrogens (tertiary/aromatic N) is 5. The number of alkyl halides is 3. The Kier molecular flexibility index (Phi) is 5.45. The number of fused-ring (bicyclic) bond motifs is 1. The fraction of sp³-hybridized carbons (Fsp3) is 0.158. The van der Waals surface area contributed by atoms with E-state index in [2.05, 4.69) is 25.1 Å². The van der Waals surface area contributed by atoms with Crippen molar-refractivity contribution < 1.29 is 27.6 Å². The summed E-state index contributed by atoms with van der Waals surface area (Å²) in [5.74, 6) is -1.03. The van der Waals surface area contributed by atoms with Crippen LogP contribution in [-0.4, -0.2) is 36.9 Å². The molecule has 4 rings (SSSR count). The van der Waals surface area contributed by atoms with E-state index in [1.807, 2.05) is 0 Å². The number of hydrogen-bond acceptors (Lipinski definition) is 8. The molecule has 3 aromatic heterocycles. The van der Waals surface area contributed by atoms with E-state index in [0.29, 0.717) is 28.1 Å². The second-order valence-corrected chi connectivity index (χ2v) is 7.79. The van der Waals surface area contributed by atoms with Gasteiger partial charge in [0.05, 0.1) is 15.5 Å². The van der Waals surface area contributed by atoms with Crippen molar-refractivity contribution in [3.05, 3.63) is 57.1 Å². The Morgan fingerprint density at radius 3 is 2.67 bits per heavy atom. The topological polar surface area (TPSA) is 125 Å². The van der Waals surface area contributed by atoms with Crippen molar-refractivity contribution in [2.75, 3.05) is 5.32 Å². The molecule has 33 heavy (non-hydrogen) atoms.